The van der Waals surface area contributed by atoms with Crippen LogP contribution in [0.2, 0.25) is 0 Å². The molecule has 2 aliphatic heterocycles. The number of benzene rings is 6. The molecule has 376 valence electrons. The first-order chi connectivity index (χ1) is 34.7. The molecule has 15 nitrogen and oxygen atoms in total. The molecule has 2 aliphatic rings. The topological polar surface area (TPSA) is 203 Å². The third kappa shape index (κ3) is 15.6. The molecule has 8 unspecified atom stereocenters. The number of methoxy groups -OCH3 is 1. The summed E-state index contributed by atoms with van der Waals surface area (Å²) in [6, 6.07) is 53.0. The summed E-state index contributed by atoms with van der Waals surface area (Å²) < 4.78 is 46.3. The van der Waals surface area contributed by atoms with E-state index in [1.165, 1.54) is 7.11 Å². The van der Waals surface area contributed by atoms with E-state index in [1.807, 2.05) is 73.7 Å². The molecule has 8 atom stereocenters. The Labute approximate surface area is 418 Å². The third-order valence-corrected chi connectivity index (χ3v) is 11.8. The number of esters is 4. The Morgan fingerprint density at radius 1 is 0.569 bits per heavy atom. The molecule has 0 saturated carbocycles. The van der Waals surface area contributed by atoms with Gasteiger partial charge in [-0.2, -0.15) is 0 Å². The molecule has 0 aliphatic carbocycles. The first-order valence-corrected chi connectivity index (χ1v) is 23.4. The lowest BCUT2D eigenvalue weighted by Crippen LogP contribution is -2.59. The Balaban J connectivity index is 0.000000259. The summed E-state index contributed by atoms with van der Waals surface area (Å²) in [6.07, 6.45) is -4.10. The van der Waals surface area contributed by atoms with Gasteiger partial charge in [-0.1, -0.05) is 153 Å². The van der Waals surface area contributed by atoms with Crippen LogP contribution in [0.5, 0.6) is 0 Å². The van der Waals surface area contributed by atoms with Gasteiger partial charge in [0.15, 0.2) is 11.9 Å². The molecule has 0 spiro atoms. The zero-order valence-electron chi connectivity index (χ0n) is 40.0. The van der Waals surface area contributed by atoms with Gasteiger partial charge in [0.25, 0.3) is 0 Å². The normalized spacial score (nSPS) is 21.2. The van der Waals surface area contributed by atoms with Crippen molar-refractivity contribution in [3.63, 3.8) is 0 Å². The van der Waals surface area contributed by atoms with Crippen molar-refractivity contribution >= 4 is 29.7 Å². The highest BCUT2D eigenvalue weighted by molar-refractivity contribution is 5.97. The summed E-state index contributed by atoms with van der Waals surface area (Å²) in [5, 5.41) is 3.11. The first kappa shape index (κ1) is 54.0. The largest absolute Gasteiger partial charge is 0.467 e. The van der Waals surface area contributed by atoms with Crippen LogP contribution in [0, 0.1) is 5.92 Å². The van der Waals surface area contributed by atoms with Crippen LogP contribution in [-0.2, 0) is 55.9 Å². The SMILES string of the molecule is COC(=O)C1OCC(OCc2ccccc2)C(OCc2ccccc2)C1C.O.O=C(CNC1C(OC(=O)c2ccccc2)CC(COC(=O)c2ccccc2)OC1OC(=O)c1ccccc1)c1ccccc1. The van der Waals surface area contributed by atoms with Gasteiger partial charge >= 0.3 is 23.9 Å². The molecule has 0 radical (unpaired) electrons. The van der Waals surface area contributed by atoms with Gasteiger partial charge in [0.1, 0.15) is 24.9 Å². The van der Waals surface area contributed by atoms with Gasteiger partial charge in [0, 0.05) is 17.9 Å². The number of rotatable bonds is 18. The fourth-order valence-corrected chi connectivity index (χ4v) is 8.06. The monoisotopic (exact) mass is 981 g/mol. The van der Waals surface area contributed by atoms with Crippen molar-refractivity contribution in [3.8, 4) is 0 Å². The molecule has 0 aromatic heterocycles. The summed E-state index contributed by atoms with van der Waals surface area (Å²) >= 11 is 0. The summed E-state index contributed by atoms with van der Waals surface area (Å²) in [5.41, 5.74) is 3.61. The zero-order chi connectivity index (χ0) is 49.8. The van der Waals surface area contributed by atoms with Crippen LogP contribution in [0.4, 0.5) is 0 Å². The van der Waals surface area contributed by atoms with E-state index in [0.29, 0.717) is 29.9 Å². The molecule has 0 bridgehead atoms. The highest BCUT2D eigenvalue weighted by Gasteiger charge is 2.45. The van der Waals surface area contributed by atoms with E-state index < -0.39 is 48.6 Å². The lowest BCUT2D eigenvalue weighted by molar-refractivity contribution is -0.214. The van der Waals surface area contributed by atoms with E-state index in [2.05, 4.69) is 5.32 Å². The summed E-state index contributed by atoms with van der Waals surface area (Å²) in [5.74, 6) is -2.61. The Morgan fingerprint density at radius 3 is 1.54 bits per heavy atom. The van der Waals surface area contributed by atoms with Gasteiger partial charge in [-0.05, 0) is 47.5 Å². The van der Waals surface area contributed by atoms with E-state index in [9.17, 15) is 24.0 Å². The average Bonchev–Trinajstić information content (AvgIpc) is 3.42. The number of Topliss-reactive ketones (excluding diaryl/α,β-unsaturated/α-hetero) is 1. The predicted molar refractivity (Wildman–Crippen MR) is 265 cm³/mol. The fraction of sp³-hybridized carbons (Fsp3) is 0.281. The van der Waals surface area contributed by atoms with Crippen molar-refractivity contribution < 1.29 is 67.3 Å². The molecular formula is C57H59NO14. The Hall–Kier alpha value is -7.37. The van der Waals surface area contributed by atoms with Gasteiger partial charge < -0.3 is 43.4 Å². The van der Waals surface area contributed by atoms with Crippen LogP contribution >= 0.6 is 0 Å². The maximum absolute atomic E-state index is 13.2. The quantitative estimate of drug-likeness (QED) is 0.0506. The van der Waals surface area contributed by atoms with Gasteiger partial charge in [-0.3, -0.25) is 10.1 Å². The fourth-order valence-electron chi connectivity index (χ4n) is 8.06. The predicted octanol–water partition coefficient (Wildman–Crippen LogP) is 7.42. The van der Waals surface area contributed by atoms with Crippen LogP contribution < -0.4 is 5.32 Å². The van der Waals surface area contributed by atoms with Crippen LogP contribution in [0.1, 0.15) is 65.9 Å². The highest BCUT2D eigenvalue weighted by atomic mass is 16.7. The van der Waals surface area contributed by atoms with Gasteiger partial charge in [0.05, 0.1) is 62.4 Å². The average molecular weight is 982 g/mol. The van der Waals surface area contributed by atoms with E-state index in [0.717, 1.165) is 11.1 Å². The Kier molecular flexibility index (Phi) is 20.9. The molecule has 3 N–H and O–H groups in total. The number of ketones is 1. The van der Waals surface area contributed by atoms with E-state index in [-0.39, 0.29) is 67.1 Å². The second kappa shape index (κ2) is 27.9. The summed E-state index contributed by atoms with van der Waals surface area (Å²) in [6.45, 7) is 2.81. The van der Waals surface area contributed by atoms with Crippen molar-refractivity contribution in [2.45, 2.75) is 69.4 Å². The number of carbonyl (C=O) groups is 5. The van der Waals surface area contributed by atoms with Gasteiger partial charge in [-0.15, -0.1) is 0 Å². The minimum Gasteiger partial charge on any atom is -0.467 e. The number of carbonyl (C=O) groups excluding carboxylic acids is 5. The standard InChI is InChI=1S/C35H31NO8.C22H26O5.H2O/c37-29(24-13-5-1-6-14-24)22-36-31-30(43-33(39)26-17-9-3-10-18-26)21-28(23-41-32(38)25-15-7-2-8-16-25)42-35(31)44-34(40)27-19-11-4-12-20-27;1-16-20(26-14-18-11-7-4-8-12-18)19(15-27-21(16)22(23)24-2)25-13-17-9-5-3-6-10-17;/h1-20,28,30-31,35-36H,21-23H2;3-12,16,19-21H,13-15H2,1-2H3;1H2. The van der Waals surface area contributed by atoms with Crippen molar-refractivity contribution in [3.05, 3.63) is 215 Å². The van der Waals surface area contributed by atoms with Gasteiger partial charge in [-0.25, -0.2) is 19.2 Å². The molecule has 0 amide bonds. The molecule has 72 heavy (non-hydrogen) atoms. The van der Waals surface area contributed by atoms with Crippen LogP contribution in [0.3, 0.4) is 0 Å². The van der Waals surface area contributed by atoms with Crippen LogP contribution in [0.15, 0.2) is 182 Å². The maximum atomic E-state index is 13.2. The third-order valence-electron chi connectivity index (χ3n) is 11.8. The Bertz CT molecular complexity index is 2530. The minimum atomic E-state index is -1.30. The van der Waals surface area contributed by atoms with Crippen molar-refractivity contribution in [1.29, 1.82) is 0 Å². The minimum absolute atomic E-state index is 0. The number of hydrogen-bond donors (Lipinski definition) is 1. The molecule has 2 saturated heterocycles. The highest BCUT2D eigenvalue weighted by Crippen LogP contribution is 2.29. The maximum Gasteiger partial charge on any atom is 0.340 e. The van der Waals surface area contributed by atoms with Crippen LogP contribution in [-0.4, -0.2) is 105 Å². The van der Waals surface area contributed by atoms with E-state index in [1.54, 1.807) is 115 Å². The van der Waals surface area contributed by atoms with Crippen LogP contribution in [0.25, 0.3) is 0 Å². The number of ether oxygens (including phenoxy) is 8. The second-order valence-corrected chi connectivity index (χ2v) is 16.8. The van der Waals surface area contributed by atoms with Crippen molar-refractivity contribution in [2.24, 2.45) is 5.92 Å². The molecule has 2 fully saturated rings. The summed E-state index contributed by atoms with van der Waals surface area (Å²) in [7, 11) is 1.37. The summed E-state index contributed by atoms with van der Waals surface area (Å²) in [4.78, 5) is 64.0. The smallest absolute Gasteiger partial charge is 0.340 e. The Morgan fingerprint density at radius 2 is 1.03 bits per heavy atom. The number of hydrogen-bond acceptors (Lipinski definition) is 14. The zero-order valence-corrected chi connectivity index (χ0v) is 40.0. The number of nitrogens with one attached hydrogen (secondary N) is 1. The van der Waals surface area contributed by atoms with E-state index in [4.69, 9.17) is 37.9 Å². The van der Waals surface area contributed by atoms with Crippen molar-refractivity contribution in [2.75, 3.05) is 26.9 Å². The lowest BCUT2D eigenvalue weighted by atomic mass is 9.91. The molecule has 15 heteroatoms. The van der Waals surface area contributed by atoms with E-state index >= 15 is 0 Å². The second-order valence-electron chi connectivity index (χ2n) is 16.8. The van der Waals surface area contributed by atoms with Crippen molar-refractivity contribution in [1.82, 2.24) is 5.32 Å². The first-order valence-electron chi connectivity index (χ1n) is 23.4. The molecule has 6 aromatic carbocycles. The lowest BCUT2D eigenvalue weighted by Gasteiger charge is -2.40. The molecule has 2 heterocycles. The molecule has 8 rings (SSSR count). The molecule has 6 aromatic rings. The van der Waals surface area contributed by atoms with Gasteiger partial charge in [0.2, 0.25) is 6.29 Å². The molecular weight excluding hydrogens is 923 g/mol.